The van der Waals surface area contributed by atoms with Gasteiger partial charge in [0.1, 0.15) is 11.5 Å². The Labute approximate surface area is 157 Å². The highest BCUT2D eigenvalue weighted by Crippen LogP contribution is 2.23. The van der Waals surface area contributed by atoms with Crippen LogP contribution in [-0.4, -0.2) is 28.4 Å². The normalized spacial score (nSPS) is 10.8. The number of rotatable bonds is 5. The van der Waals surface area contributed by atoms with Crippen LogP contribution in [0, 0.1) is 0 Å². The number of methoxy groups -OCH3 is 1. The Morgan fingerprint density at radius 1 is 1.23 bits per heavy atom. The molecule has 0 bridgehead atoms. The summed E-state index contributed by atoms with van der Waals surface area (Å²) >= 11 is 3.24. The van der Waals surface area contributed by atoms with Crippen molar-refractivity contribution in [1.82, 2.24) is 9.97 Å². The van der Waals surface area contributed by atoms with Gasteiger partial charge in [-0.25, -0.2) is 10.4 Å². The zero-order chi connectivity index (χ0) is 18.5. The number of nitrogens with one attached hydrogen (secondary N) is 2. The summed E-state index contributed by atoms with van der Waals surface area (Å²) < 4.78 is 5.69. The fourth-order valence-corrected chi connectivity index (χ4v) is 2.59. The van der Waals surface area contributed by atoms with E-state index in [9.17, 15) is 9.90 Å². The van der Waals surface area contributed by atoms with E-state index in [4.69, 9.17) is 4.74 Å². The number of ether oxygens (including phenoxy) is 1. The van der Waals surface area contributed by atoms with Crippen LogP contribution >= 0.6 is 15.9 Å². The van der Waals surface area contributed by atoms with Crippen LogP contribution in [0.3, 0.4) is 0 Å². The molecule has 3 rings (SSSR count). The molecule has 8 heteroatoms. The highest BCUT2D eigenvalue weighted by molar-refractivity contribution is 9.10. The number of aromatic nitrogens is 2. The lowest BCUT2D eigenvalue weighted by Crippen LogP contribution is -2.10. The molecule has 0 spiro atoms. The van der Waals surface area contributed by atoms with Crippen molar-refractivity contribution >= 4 is 28.1 Å². The quantitative estimate of drug-likeness (QED) is 0.439. The lowest BCUT2D eigenvalue weighted by atomic mass is 10.1. The first-order valence-corrected chi connectivity index (χ1v) is 8.38. The van der Waals surface area contributed by atoms with Crippen LogP contribution < -0.4 is 15.7 Å². The van der Waals surface area contributed by atoms with E-state index in [-0.39, 0.29) is 17.3 Å². The van der Waals surface area contributed by atoms with Gasteiger partial charge in [0, 0.05) is 11.6 Å². The summed E-state index contributed by atoms with van der Waals surface area (Å²) in [7, 11) is 1.59. The van der Waals surface area contributed by atoms with E-state index in [1.54, 1.807) is 43.7 Å². The zero-order valence-electron chi connectivity index (χ0n) is 13.7. The van der Waals surface area contributed by atoms with Gasteiger partial charge in [-0.15, -0.1) is 0 Å². The molecule has 0 saturated carbocycles. The highest BCUT2D eigenvalue weighted by Gasteiger charge is 2.04. The molecule has 1 heterocycles. The molecule has 3 aromatic rings. The van der Waals surface area contributed by atoms with Gasteiger partial charge in [-0.05, 0) is 64.0 Å². The average molecular weight is 415 g/mol. The Morgan fingerprint density at radius 3 is 2.69 bits per heavy atom. The average Bonchev–Trinajstić information content (AvgIpc) is 2.64. The molecule has 132 valence electrons. The van der Waals surface area contributed by atoms with E-state index in [1.807, 2.05) is 12.1 Å². The molecule has 0 aliphatic heterocycles. The lowest BCUT2D eigenvalue weighted by Gasteiger charge is -2.05. The van der Waals surface area contributed by atoms with Crippen molar-refractivity contribution < 1.29 is 9.84 Å². The van der Waals surface area contributed by atoms with Crippen LogP contribution in [0.25, 0.3) is 11.3 Å². The van der Waals surface area contributed by atoms with Crippen molar-refractivity contribution in [1.29, 1.82) is 0 Å². The molecule has 1 aromatic heterocycles. The molecule has 7 nitrogen and oxygen atoms in total. The second-order valence-electron chi connectivity index (χ2n) is 5.29. The van der Waals surface area contributed by atoms with Crippen molar-refractivity contribution in [2.75, 3.05) is 12.5 Å². The molecule has 26 heavy (non-hydrogen) atoms. The first kappa shape index (κ1) is 17.7. The van der Waals surface area contributed by atoms with Crippen molar-refractivity contribution in [2.24, 2.45) is 5.10 Å². The number of nitrogens with zero attached hydrogens (tertiary/aromatic N) is 2. The first-order chi connectivity index (χ1) is 12.5. The number of aromatic amines is 1. The number of hydrazone groups is 1. The van der Waals surface area contributed by atoms with Gasteiger partial charge in [0.15, 0.2) is 0 Å². The molecule has 2 aromatic carbocycles. The van der Waals surface area contributed by atoms with Crippen LogP contribution in [0.15, 0.2) is 62.9 Å². The highest BCUT2D eigenvalue weighted by atomic mass is 79.9. The van der Waals surface area contributed by atoms with Crippen LogP contribution in [0.4, 0.5) is 5.95 Å². The zero-order valence-corrected chi connectivity index (χ0v) is 15.3. The largest absolute Gasteiger partial charge is 0.507 e. The van der Waals surface area contributed by atoms with E-state index in [0.29, 0.717) is 10.2 Å². The number of halogens is 1. The molecule has 0 atom stereocenters. The number of aromatic hydroxyl groups is 1. The molecule has 0 aliphatic carbocycles. The third-order valence-electron chi connectivity index (χ3n) is 3.48. The molecule has 0 amide bonds. The molecule has 0 radical (unpaired) electrons. The standard InChI is InChI=1S/C18H15BrN4O3/c1-26-13-5-3-12(4-6-13)15-9-17(25)22-18(21-15)23-20-10-11-2-7-16(24)14(19)8-11/h2-10,24H,1H3,(H2,21,22,23,25)/b20-10-. The number of H-pyrrole nitrogens is 1. The Hall–Kier alpha value is -3.13. The van der Waals surface area contributed by atoms with Crippen molar-refractivity contribution in [3.8, 4) is 22.8 Å². The van der Waals surface area contributed by atoms with Crippen LogP contribution in [0.5, 0.6) is 11.5 Å². The summed E-state index contributed by atoms with van der Waals surface area (Å²) in [6.07, 6.45) is 1.55. The second-order valence-corrected chi connectivity index (χ2v) is 6.14. The number of hydrogen-bond donors (Lipinski definition) is 3. The Balaban J connectivity index is 1.79. The maximum atomic E-state index is 11.9. The van der Waals surface area contributed by atoms with Crippen molar-refractivity contribution in [3.05, 3.63) is 68.9 Å². The summed E-state index contributed by atoms with van der Waals surface area (Å²) in [5.41, 5.74) is 4.46. The number of anilines is 1. The minimum atomic E-state index is -0.295. The van der Waals surface area contributed by atoms with Gasteiger partial charge in [-0.1, -0.05) is 0 Å². The van der Waals surface area contributed by atoms with Gasteiger partial charge in [0.05, 0.1) is 23.5 Å². The summed E-state index contributed by atoms with van der Waals surface area (Å²) in [5, 5.41) is 13.5. The number of benzene rings is 2. The Morgan fingerprint density at radius 2 is 2.00 bits per heavy atom. The topological polar surface area (TPSA) is 99.6 Å². The number of phenols is 1. The van der Waals surface area contributed by atoms with E-state index in [1.165, 1.54) is 6.07 Å². The Kier molecular flexibility index (Phi) is 5.33. The monoisotopic (exact) mass is 414 g/mol. The minimum absolute atomic E-state index is 0.147. The van der Waals surface area contributed by atoms with Crippen molar-refractivity contribution in [2.45, 2.75) is 0 Å². The predicted molar refractivity (Wildman–Crippen MR) is 104 cm³/mol. The molecule has 0 aliphatic rings. The minimum Gasteiger partial charge on any atom is -0.507 e. The molecular weight excluding hydrogens is 400 g/mol. The summed E-state index contributed by atoms with van der Waals surface area (Å²) in [6, 6.07) is 13.6. The van der Waals surface area contributed by atoms with Gasteiger partial charge in [-0.2, -0.15) is 5.10 Å². The van der Waals surface area contributed by atoms with Gasteiger partial charge < -0.3 is 9.84 Å². The molecule has 3 N–H and O–H groups in total. The van der Waals surface area contributed by atoms with E-state index in [2.05, 4.69) is 36.4 Å². The third-order valence-corrected chi connectivity index (χ3v) is 4.12. The molecule has 0 saturated heterocycles. The van der Waals surface area contributed by atoms with E-state index < -0.39 is 0 Å². The summed E-state index contributed by atoms with van der Waals surface area (Å²) in [5.74, 6) is 1.09. The van der Waals surface area contributed by atoms with Crippen LogP contribution in [0.2, 0.25) is 0 Å². The third kappa shape index (κ3) is 4.28. The smallest absolute Gasteiger partial charge is 0.252 e. The number of hydrogen-bond acceptors (Lipinski definition) is 6. The predicted octanol–water partition coefficient (Wildman–Crippen LogP) is 3.36. The van der Waals surface area contributed by atoms with E-state index >= 15 is 0 Å². The van der Waals surface area contributed by atoms with Gasteiger partial charge in [-0.3, -0.25) is 9.78 Å². The second kappa shape index (κ2) is 7.83. The lowest BCUT2D eigenvalue weighted by molar-refractivity contribution is 0.415. The fourth-order valence-electron chi connectivity index (χ4n) is 2.19. The molecule has 0 unspecified atom stereocenters. The molecular formula is C18H15BrN4O3. The molecule has 0 fully saturated rings. The SMILES string of the molecule is COc1ccc(-c2cc(=O)[nH]c(N/N=C\c3ccc(O)c(Br)c3)n2)cc1. The first-order valence-electron chi connectivity index (χ1n) is 7.58. The van der Waals surface area contributed by atoms with Gasteiger partial charge in [0.25, 0.3) is 5.56 Å². The maximum Gasteiger partial charge on any atom is 0.252 e. The van der Waals surface area contributed by atoms with Crippen LogP contribution in [0.1, 0.15) is 5.56 Å². The van der Waals surface area contributed by atoms with Gasteiger partial charge in [0.2, 0.25) is 5.95 Å². The Bertz CT molecular complexity index is 1000. The van der Waals surface area contributed by atoms with E-state index in [0.717, 1.165) is 16.9 Å². The summed E-state index contributed by atoms with van der Waals surface area (Å²) in [4.78, 5) is 18.8. The summed E-state index contributed by atoms with van der Waals surface area (Å²) in [6.45, 7) is 0. The fraction of sp³-hybridized carbons (Fsp3) is 0.0556. The van der Waals surface area contributed by atoms with Crippen LogP contribution in [-0.2, 0) is 0 Å². The maximum absolute atomic E-state index is 11.9. The number of phenolic OH excluding ortho intramolecular Hbond substituents is 1. The van der Waals surface area contributed by atoms with Crippen molar-refractivity contribution in [3.63, 3.8) is 0 Å². The van der Waals surface area contributed by atoms with Gasteiger partial charge >= 0.3 is 0 Å².